The van der Waals surface area contributed by atoms with E-state index in [1.165, 1.54) is 5.56 Å². The number of hydrogen-bond donors (Lipinski definition) is 0. The van der Waals surface area contributed by atoms with Crippen LogP contribution < -0.4 is 0 Å². The zero-order valence-electron chi connectivity index (χ0n) is 16.6. The summed E-state index contributed by atoms with van der Waals surface area (Å²) >= 11 is 6.09. The summed E-state index contributed by atoms with van der Waals surface area (Å²) in [5.74, 6) is 0.0520. The van der Waals surface area contributed by atoms with Crippen LogP contribution >= 0.6 is 11.6 Å². The lowest BCUT2D eigenvalue weighted by molar-refractivity contribution is 0.0642. The number of amides is 1. The minimum Gasteiger partial charge on any atom is -0.335 e. The molecular weight excluding hydrogens is 384 g/mol. The number of aryl methyl sites for hydroxylation is 1. The molecule has 0 saturated carbocycles. The molecule has 0 atom stereocenters. The molecule has 1 saturated heterocycles. The van der Waals surface area contributed by atoms with Crippen LogP contribution in [0.4, 0.5) is 0 Å². The van der Waals surface area contributed by atoms with Gasteiger partial charge in [-0.25, -0.2) is 4.98 Å². The number of carbonyl (C=O) groups is 1. The molecule has 4 rings (SSSR count). The number of fused-ring (bicyclic) bond motifs is 1. The molecule has 29 heavy (non-hydrogen) atoms. The van der Waals surface area contributed by atoms with Gasteiger partial charge >= 0.3 is 0 Å². The number of nitrogens with zero attached hydrogens (tertiary/aromatic N) is 4. The summed E-state index contributed by atoms with van der Waals surface area (Å²) in [4.78, 5) is 22.2. The average Bonchev–Trinajstić information content (AvgIpc) is 3.12. The first-order valence-electron chi connectivity index (χ1n) is 10.1. The Kier molecular flexibility index (Phi) is 5.97. The largest absolute Gasteiger partial charge is 0.335 e. The molecule has 6 heteroatoms. The van der Waals surface area contributed by atoms with Crippen LogP contribution in [0.3, 0.4) is 0 Å². The molecule has 150 valence electrons. The van der Waals surface area contributed by atoms with Gasteiger partial charge in [-0.05, 0) is 18.1 Å². The Bertz CT molecular complexity index is 1020. The monoisotopic (exact) mass is 408 g/mol. The Labute approximate surface area is 176 Å². The van der Waals surface area contributed by atoms with E-state index in [1.807, 2.05) is 40.6 Å². The number of aromatic nitrogens is 2. The van der Waals surface area contributed by atoms with E-state index in [4.69, 9.17) is 11.6 Å². The first-order valence-corrected chi connectivity index (χ1v) is 10.4. The minimum absolute atomic E-state index is 0.0520. The van der Waals surface area contributed by atoms with Gasteiger partial charge in [0.25, 0.3) is 5.91 Å². The third-order valence-electron chi connectivity index (χ3n) is 5.33. The van der Waals surface area contributed by atoms with Gasteiger partial charge in [0.15, 0.2) is 0 Å². The number of rotatable bonds is 5. The van der Waals surface area contributed by atoms with Crippen LogP contribution in [0.15, 0.2) is 54.7 Å². The smallest absolute Gasteiger partial charge is 0.272 e. The standard InChI is InChI=1S/C23H25ClN4O/c1-2-20-22(28-12-10-19(24)17-21(28)25-20)23(29)27-15-13-26(14-16-27)11-6-9-18-7-4-3-5-8-18/h3-10,12,17H,2,11,13-16H2,1H3/b9-6+. The zero-order valence-corrected chi connectivity index (χ0v) is 17.3. The number of pyridine rings is 1. The summed E-state index contributed by atoms with van der Waals surface area (Å²) in [7, 11) is 0. The molecule has 0 N–H and O–H groups in total. The first kappa shape index (κ1) is 19.7. The van der Waals surface area contributed by atoms with Crippen molar-refractivity contribution in [1.29, 1.82) is 0 Å². The van der Waals surface area contributed by atoms with Crippen molar-refractivity contribution >= 4 is 29.2 Å². The maximum Gasteiger partial charge on any atom is 0.272 e. The van der Waals surface area contributed by atoms with E-state index in [-0.39, 0.29) is 5.91 Å². The van der Waals surface area contributed by atoms with Crippen LogP contribution in [-0.4, -0.2) is 57.8 Å². The third kappa shape index (κ3) is 4.36. The molecule has 1 aliphatic heterocycles. The van der Waals surface area contributed by atoms with Crippen LogP contribution in [0, 0.1) is 0 Å². The number of carbonyl (C=O) groups excluding carboxylic acids is 1. The average molecular weight is 409 g/mol. The fourth-order valence-electron chi connectivity index (χ4n) is 3.73. The van der Waals surface area contributed by atoms with Gasteiger partial charge in [0.1, 0.15) is 11.3 Å². The quantitative estimate of drug-likeness (QED) is 0.640. The van der Waals surface area contributed by atoms with Crippen molar-refractivity contribution in [3.8, 4) is 0 Å². The molecule has 1 aromatic carbocycles. The van der Waals surface area contributed by atoms with Gasteiger partial charge in [0.2, 0.25) is 0 Å². The Balaban J connectivity index is 1.40. The van der Waals surface area contributed by atoms with Crippen molar-refractivity contribution < 1.29 is 4.79 Å². The Morgan fingerprint density at radius 3 is 2.62 bits per heavy atom. The van der Waals surface area contributed by atoms with Crippen LogP contribution in [0.1, 0.15) is 28.7 Å². The van der Waals surface area contributed by atoms with E-state index >= 15 is 0 Å². The highest BCUT2D eigenvalue weighted by Crippen LogP contribution is 2.20. The second-order valence-electron chi connectivity index (χ2n) is 7.24. The van der Waals surface area contributed by atoms with Crippen LogP contribution in [-0.2, 0) is 6.42 Å². The second-order valence-corrected chi connectivity index (χ2v) is 7.68. The summed E-state index contributed by atoms with van der Waals surface area (Å²) in [5.41, 5.74) is 3.42. The van der Waals surface area contributed by atoms with Crippen molar-refractivity contribution in [2.75, 3.05) is 32.7 Å². The summed E-state index contributed by atoms with van der Waals surface area (Å²) in [5, 5.41) is 0.626. The molecule has 0 aliphatic carbocycles. The lowest BCUT2D eigenvalue weighted by Crippen LogP contribution is -2.49. The highest BCUT2D eigenvalue weighted by Gasteiger charge is 2.26. The van der Waals surface area contributed by atoms with Crippen molar-refractivity contribution in [2.24, 2.45) is 0 Å². The van der Waals surface area contributed by atoms with E-state index in [0.29, 0.717) is 17.1 Å². The maximum atomic E-state index is 13.2. The summed E-state index contributed by atoms with van der Waals surface area (Å²) in [6, 6.07) is 13.9. The second kappa shape index (κ2) is 8.80. The maximum absolute atomic E-state index is 13.2. The lowest BCUT2D eigenvalue weighted by atomic mass is 10.2. The van der Waals surface area contributed by atoms with E-state index in [1.54, 1.807) is 12.1 Å². The SMILES string of the molecule is CCc1nc2cc(Cl)ccn2c1C(=O)N1CCN(C/C=C/c2ccccc2)CC1. The number of piperazine rings is 1. The Morgan fingerprint density at radius 2 is 1.90 bits per heavy atom. The van der Waals surface area contributed by atoms with E-state index in [2.05, 4.69) is 34.2 Å². The van der Waals surface area contributed by atoms with E-state index in [9.17, 15) is 4.79 Å². The predicted octanol–water partition coefficient (Wildman–Crippen LogP) is 4.02. The summed E-state index contributed by atoms with van der Waals surface area (Å²) < 4.78 is 1.86. The number of benzene rings is 1. The normalized spacial score (nSPS) is 15.4. The molecule has 1 aliphatic rings. The van der Waals surface area contributed by atoms with Gasteiger partial charge in [-0.3, -0.25) is 14.1 Å². The molecule has 1 fully saturated rings. The number of imidazole rings is 1. The van der Waals surface area contributed by atoms with E-state index in [0.717, 1.165) is 44.1 Å². The Morgan fingerprint density at radius 1 is 1.14 bits per heavy atom. The Hall–Kier alpha value is -2.63. The number of hydrogen-bond acceptors (Lipinski definition) is 3. The zero-order chi connectivity index (χ0) is 20.2. The van der Waals surface area contributed by atoms with Gasteiger partial charge in [0, 0.05) is 50.0 Å². The topological polar surface area (TPSA) is 40.9 Å². The molecule has 0 bridgehead atoms. The minimum atomic E-state index is 0.0520. The van der Waals surface area contributed by atoms with Crippen LogP contribution in [0.5, 0.6) is 0 Å². The van der Waals surface area contributed by atoms with Crippen molar-refractivity contribution in [2.45, 2.75) is 13.3 Å². The summed E-state index contributed by atoms with van der Waals surface area (Å²) in [6.07, 6.45) is 6.89. The fraction of sp³-hybridized carbons (Fsp3) is 0.304. The molecule has 0 unspecified atom stereocenters. The molecule has 1 amide bonds. The molecule has 3 aromatic rings. The fourth-order valence-corrected chi connectivity index (χ4v) is 3.88. The van der Waals surface area contributed by atoms with E-state index < -0.39 is 0 Å². The van der Waals surface area contributed by atoms with Gasteiger partial charge in [0.05, 0.1) is 5.69 Å². The van der Waals surface area contributed by atoms with Gasteiger partial charge in [-0.2, -0.15) is 0 Å². The van der Waals surface area contributed by atoms with Crippen LogP contribution in [0.25, 0.3) is 11.7 Å². The van der Waals surface area contributed by atoms with Crippen molar-refractivity contribution in [1.82, 2.24) is 19.2 Å². The summed E-state index contributed by atoms with van der Waals surface area (Å²) in [6.45, 7) is 6.11. The number of halogens is 1. The van der Waals surface area contributed by atoms with Gasteiger partial charge in [-0.15, -0.1) is 0 Å². The molecule has 0 radical (unpaired) electrons. The molecule has 2 aromatic heterocycles. The van der Waals surface area contributed by atoms with Crippen molar-refractivity contribution in [3.63, 3.8) is 0 Å². The predicted molar refractivity (Wildman–Crippen MR) is 117 cm³/mol. The lowest BCUT2D eigenvalue weighted by Gasteiger charge is -2.34. The highest BCUT2D eigenvalue weighted by molar-refractivity contribution is 6.30. The van der Waals surface area contributed by atoms with Crippen LogP contribution in [0.2, 0.25) is 5.02 Å². The third-order valence-corrected chi connectivity index (χ3v) is 5.57. The first-order chi connectivity index (χ1) is 14.2. The molecule has 3 heterocycles. The molecule has 5 nitrogen and oxygen atoms in total. The van der Waals surface area contributed by atoms with Gasteiger partial charge in [-0.1, -0.05) is 61.0 Å². The molecule has 0 spiro atoms. The molecular formula is C23H25ClN4O. The highest BCUT2D eigenvalue weighted by atomic mass is 35.5. The van der Waals surface area contributed by atoms with Gasteiger partial charge < -0.3 is 4.90 Å². The van der Waals surface area contributed by atoms with Crippen molar-refractivity contribution in [3.05, 3.63) is 76.7 Å².